The van der Waals surface area contributed by atoms with Crippen molar-refractivity contribution in [2.45, 2.75) is 89.0 Å². The van der Waals surface area contributed by atoms with Crippen LogP contribution in [0.15, 0.2) is 217 Å². The Morgan fingerprint density at radius 2 is 0.681 bits per heavy atom. The molecule has 24 nitrogen and oxygen atoms in total. The molecule has 0 amide bonds. The molecule has 6 aromatic carbocycles. The molecule has 0 atom stereocenters. The summed E-state index contributed by atoms with van der Waals surface area (Å²) in [4.78, 5) is 80.6. The summed E-state index contributed by atoms with van der Waals surface area (Å²) in [6.07, 6.45) is -14.7. The third-order valence-corrected chi connectivity index (χ3v) is 20.3. The van der Waals surface area contributed by atoms with Crippen molar-refractivity contribution in [3.63, 3.8) is 0 Å². The zero-order valence-corrected chi connectivity index (χ0v) is 61.5. The molecule has 38 heteroatoms. The summed E-state index contributed by atoms with van der Waals surface area (Å²) in [6.45, 7) is 8.95. The van der Waals surface area contributed by atoms with Crippen molar-refractivity contribution in [3.05, 3.63) is 242 Å². The maximum Gasteiger partial charge on any atom is 0.573 e. The quantitative estimate of drug-likeness (QED) is 0.0903. The number of pyridine rings is 3. The second-order valence-electron chi connectivity index (χ2n) is 25.0. The summed E-state index contributed by atoms with van der Waals surface area (Å²) in [5.74, 6) is -4.09. The number of aryl methyl sites for hydroxylation is 6. The molecule has 3 N–H and O–H groups in total. The van der Waals surface area contributed by atoms with Gasteiger partial charge in [-0.05, 0) is 160 Å². The Kier molecular flexibility index (Phi) is 20.7. The van der Waals surface area contributed by atoms with Crippen LogP contribution in [0.5, 0.6) is 34.5 Å². The Balaban J connectivity index is 0.000000148. The Labute approximate surface area is 636 Å². The second-order valence-corrected chi connectivity index (χ2v) is 28.3. The molecular formula is C75H52F11N9O15S3. The van der Waals surface area contributed by atoms with Crippen LogP contribution in [0.4, 0.5) is 48.3 Å². The summed E-state index contributed by atoms with van der Waals surface area (Å²) in [5.41, 5.74) is -2.30. The molecule has 0 aliphatic rings. The van der Waals surface area contributed by atoms with E-state index in [1.54, 1.807) is 40.0 Å². The average Bonchev–Trinajstić information content (AvgIpc) is 1.68. The third-order valence-electron chi connectivity index (χ3n) is 17.1. The summed E-state index contributed by atoms with van der Waals surface area (Å²) in [7, 11) is 4.64. The first kappa shape index (κ1) is 78.4. The number of hydrogen-bond acceptors (Lipinski definition) is 21. The van der Waals surface area contributed by atoms with Gasteiger partial charge in [-0.3, -0.25) is 42.1 Å². The van der Waals surface area contributed by atoms with Gasteiger partial charge in [-0.1, -0.05) is 67.3 Å². The SMILES string of the molecule is Cc1nn(C)c2c1c1oc(=O)c(Sc3ccc(C(C)C)cc3)c(O)c1c(=O)n2-c1ccc(OC(F)(F)F)cc1.Cc1nn(C)c2c1c1oc(=O)c(Sc3ccc(F)cc3)c(O)c1c(=O)n2-c1ccc(OC(F)(F)F)cc1.Cc1nn(C)c2c1c1oc(=O)c(Sc3cccc(F)c3)c(O)c1c(=O)n2-c1ccc(OC(F)(F)F)cc1. The Bertz CT molecular complexity index is 6710. The van der Waals surface area contributed by atoms with Crippen molar-refractivity contribution in [2.75, 3.05) is 0 Å². The molecule has 113 heavy (non-hydrogen) atoms. The van der Waals surface area contributed by atoms with E-state index >= 15 is 0 Å². The summed E-state index contributed by atoms with van der Waals surface area (Å²) in [6, 6.07) is 31.6. The zero-order valence-electron chi connectivity index (χ0n) is 59.1. The van der Waals surface area contributed by atoms with Crippen molar-refractivity contribution in [1.29, 1.82) is 0 Å². The van der Waals surface area contributed by atoms with E-state index in [0.717, 1.165) is 80.7 Å². The fourth-order valence-electron chi connectivity index (χ4n) is 12.5. The maximum absolute atomic E-state index is 13.9. The van der Waals surface area contributed by atoms with Crippen molar-refractivity contribution in [3.8, 4) is 51.6 Å². The lowest BCUT2D eigenvalue weighted by atomic mass is 10.0. The number of benzene rings is 6. The number of rotatable bonds is 13. The normalized spacial score (nSPS) is 12.0. The van der Waals surface area contributed by atoms with Gasteiger partial charge in [-0.15, -0.1) is 39.5 Å². The molecule has 0 unspecified atom stereocenters. The van der Waals surface area contributed by atoms with E-state index in [9.17, 15) is 92.4 Å². The van der Waals surface area contributed by atoms with E-state index in [4.69, 9.17) is 13.3 Å². The summed E-state index contributed by atoms with van der Waals surface area (Å²) < 4.78 is 176. The predicted octanol–water partition coefficient (Wildman–Crippen LogP) is 16.1. The van der Waals surface area contributed by atoms with E-state index in [0.29, 0.717) is 49.9 Å². The fraction of sp³-hybridized carbons (Fsp3) is 0.160. The van der Waals surface area contributed by atoms with E-state index in [-0.39, 0.29) is 97.3 Å². The van der Waals surface area contributed by atoms with Gasteiger partial charge in [0.2, 0.25) is 0 Å². The molecule has 0 aliphatic carbocycles. The van der Waals surface area contributed by atoms with Gasteiger partial charge in [-0.2, -0.15) is 15.3 Å². The molecule has 15 rings (SSSR count). The molecule has 9 heterocycles. The number of aromatic nitrogens is 9. The van der Waals surface area contributed by atoms with Crippen LogP contribution in [0.25, 0.3) is 83.1 Å². The lowest BCUT2D eigenvalue weighted by molar-refractivity contribution is -0.275. The Morgan fingerprint density at radius 1 is 0.389 bits per heavy atom. The highest BCUT2D eigenvalue weighted by molar-refractivity contribution is 8.00. The molecule has 0 radical (unpaired) electrons. The van der Waals surface area contributed by atoms with Gasteiger partial charge in [0.15, 0.2) is 34.0 Å². The topological polar surface area (TPSA) is 298 Å². The molecule has 582 valence electrons. The van der Waals surface area contributed by atoms with Gasteiger partial charge in [0.25, 0.3) is 16.7 Å². The van der Waals surface area contributed by atoms with E-state index in [2.05, 4.69) is 43.4 Å². The molecule has 0 aliphatic heterocycles. The van der Waals surface area contributed by atoms with Gasteiger partial charge in [0.05, 0.1) is 50.3 Å². The molecule has 0 bridgehead atoms. The van der Waals surface area contributed by atoms with Crippen molar-refractivity contribution < 1.29 is 91.1 Å². The van der Waals surface area contributed by atoms with Gasteiger partial charge >= 0.3 is 36.0 Å². The first-order chi connectivity index (χ1) is 53.2. The highest BCUT2D eigenvalue weighted by Crippen LogP contribution is 2.43. The minimum Gasteiger partial charge on any atom is -0.505 e. The number of ether oxygens (including phenoxy) is 3. The van der Waals surface area contributed by atoms with Crippen LogP contribution in [0.1, 0.15) is 42.4 Å². The minimum absolute atomic E-state index is 0.129. The number of halogens is 11. The highest BCUT2D eigenvalue weighted by atomic mass is 32.2. The molecule has 0 saturated carbocycles. The van der Waals surface area contributed by atoms with E-state index in [1.165, 1.54) is 112 Å². The van der Waals surface area contributed by atoms with Gasteiger partial charge in [-0.25, -0.2) is 23.2 Å². The van der Waals surface area contributed by atoms with Crippen molar-refractivity contribution in [1.82, 2.24) is 43.0 Å². The number of fused-ring (bicyclic) bond motifs is 9. The van der Waals surface area contributed by atoms with Crippen LogP contribution in [0.2, 0.25) is 0 Å². The van der Waals surface area contributed by atoms with Crippen LogP contribution in [-0.2, 0) is 21.1 Å². The number of hydrogen-bond donors (Lipinski definition) is 3. The van der Waals surface area contributed by atoms with Gasteiger partial charge in [0, 0.05) is 35.8 Å². The first-order valence-corrected chi connectivity index (χ1v) is 35.3. The van der Waals surface area contributed by atoms with Crippen molar-refractivity contribution >= 4 is 101 Å². The van der Waals surface area contributed by atoms with Crippen molar-refractivity contribution in [2.24, 2.45) is 21.1 Å². The Morgan fingerprint density at radius 3 is 0.965 bits per heavy atom. The smallest absolute Gasteiger partial charge is 0.505 e. The summed E-state index contributed by atoms with van der Waals surface area (Å²) >= 11 is 2.46. The molecule has 9 aromatic heterocycles. The molecule has 0 spiro atoms. The fourth-order valence-corrected chi connectivity index (χ4v) is 15.0. The number of aromatic hydroxyl groups is 3. The van der Waals surface area contributed by atoms with E-state index in [1.807, 2.05) is 12.1 Å². The third kappa shape index (κ3) is 15.5. The molecule has 0 fully saturated rings. The van der Waals surface area contributed by atoms with Gasteiger partial charge < -0.3 is 42.8 Å². The standard InChI is InChI=1S/C27H22F3N3O5S.2C24H15F4N3O5S/c1-13(2)15-5-11-18(12-6-15)39-23-21(34)20-22(37-26(23)36)19-14(3)31-32(4)24(19)33(25(20)35)16-7-9-17(10-8-16)38-27(28,29)30;1-11-16-19-17(18(32)20(23(34)35-19)37-15-9-3-12(25)4-10-15)22(33)31(21(16)30(2)29-11)13-5-7-14(8-6-13)36-24(26,27)28;1-11-16-19-17(18(32)20(23(34)35-19)37-15-5-3-4-12(25)10-15)22(33)31(21(16)30(2)29-11)13-6-8-14(9-7-13)36-24(26,27)28/h5-13,34H,1-4H3;2*3-10,32H,1-2H3. The van der Waals surface area contributed by atoms with Crippen LogP contribution < -0.4 is 47.8 Å². The number of nitrogens with zero attached hydrogens (tertiary/aromatic N) is 9. The summed E-state index contributed by atoms with van der Waals surface area (Å²) in [5, 5.41) is 46.2. The highest BCUT2D eigenvalue weighted by Gasteiger charge is 2.35. The lowest BCUT2D eigenvalue weighted by Gasteiger charge is -2.14. The number of alkyl halides is 9. The zero-order chi connectivity index (χ0) is 81.5. The predicted molar refractivity (Wildman–Crippen MR) is 392 cm³/mol. The van der Waals surface area contributed by atoms with Crippen LogP contribution in [0.3, 0.4) is 0 Å². The van der Waals surface area contributed by atoms with Crippen LogP contribution in [0, 0.1) is 32.4 Å². The van der Waals surface area contributed by atoms with Crippen LogP contribution in [-0.4, -0.2) is 77.4 Å². The molecule has 0 saturated heterocycles. The van der Waals surface area contributed by atoms with Gasteiger partial charge in [0.1, 0.15) is 76.7 Å². The Hall–Kier alpha value is -12.7. The lowest BCUT2D eigenvalue weighted by Crippen LogP contribution is -2.22. The monoisotopic (exact) mass is 1620 g/mol. The van der Waals surface area contributed by atoms with Crippen LogP contribution >= 0.6 is 35.3 Å². The minimum atomic E-state index is -4.90. The van der Waals surface area contributed by atoms with E-state index < -0.39 is 98.8 Å². The average molecular weight is 1620 g/mol. The molecule has 15 aromatic rings. The second kappa shape index (κ2) is 29.8. The molecular weight excluding hydrogens is 1570 g/mol. The first-order valence-electron chi connectivity index (χ1n) is 32.8. The largest absolute Gasteiger partial charge is 0.573 e. The maximum atomic E-state index is 13.9.